The first-order valence-electron chi connectivity index (χ1n) is 5.66. The van der Waals surface area contributed by atoms with Crippen molar-refractivity contribution in [2.24, 2.45) is 0 Å². The van der Waals surface area contributed by atoms with Crippen molar-refractivity contribution < 1.29 is 18.7 Å². The van der Waals surface area contributed by atoms with E-state index in [1.807, 2.05) is 0 Å². The van der Waals surface area contributed by atoms with E-state index >= 15 is 0 Å². The Labute approximate surface area is 120 Å². The fourth-order valence-electron chi connectivity index (χ4n) is 1.72. The van der Waals surface area contributed by atoms with Crippen LogP contribution in [0.2, 0.25) is 5.02 Å². The van der Waals surface area contributed by atoms with Crippen molar-refractivity contribution in [3.05, 3.63) is 46.9 Å². The maximum atomic E-state index is 14.3. The van der Waals surface area contributed by atoms with Crippen LogP contribution in [0.4, 0.5) is 4.39 Å². The standard InChI is InChI=1S/C14H11ClFNO3/c1-19-13-9(15)7-6-8(12(13)16)10-4-3-5-11(17-10)14(18)20-2/h3-7H,1-2H3. The first-order chi connectivity index (χ1) is 9.58. The Bertz CT molecular complexity index is 661. The number of esters is 1. The number of rotatable bonds is 3. The molecule has 0 spiro atoms. The molecule has 0 amide bonds. The molecule has 1 aromatic heterocycles. The van der Waals surface area contributed by atoms with Crippen molar-refractivity contribution in [2.75, 3.05) is 14.2 Å². The van der Waals surface area contributed by atoms with Gasteiger partial charge in [-0.1, -0.05) is 17.7 Å². The van der Waals surface area contributed by atoms with Gasteiger partial charge in [-0.2, -0.15) is 0 Å². The first kappa shape index (κ1) is 14.3. The van der Waals surface area contributed by atoms with Crippen LogP contribution in [0.1, 0.15) is 10.5 Å². The Kier molecular flexibility index (Phi) is 4.20. The van der Waals surface area contributed by atoms with Gasteiger partial charge in [-0.25, -0.2) is 14.2 Å². The first-order valence-corrected chi connectivity index (χ1v) is 6.04. The van der Waals surface area contributed by atoms with Crippen molar-refractivity contribution in [1.29, 1.82) is 0 Å². The second-order valence-electron chi connectivity index (χ2n) is 3.84. The monoisotopic (exact) mass is 295 g/mol. The molecular formula is C14H11ClFNO3. The number of pyridine rings is 1. The van der Waals surface area contributed by atoms with Gasteiger partial charge in [0.05, 0.1) is 24.9 Å². The van der Waals surface area contributed by atoms with Crippen molar-refractivity contribution in [3.63, 3.8) is 0 Å². The summed E-state index contributed by atoms with van der Waals surface area (Å²) in [5.74, 6) is -1.28. The molecule has 2 aromatic rings. The zero-order valence-corrected chi connectivity index (χ0v) is 11.6. The number of benzene rings is 1. The van der Waals surface area contributed by atoms with Gasteiger partial charge in [-0.15, -0.1) is 0 Å². The normalized spacial score (nSPS) is 10.2. The zero-order chi connectivity index (χ0) is 14.7. The second kappa shape index (κ2) is 5.88. The smallest absolute Gasteiger partial charge is 0.356 e. The Morgan fingerprint density at radius 1 is 1.25 bits per heavy atom. The SMILES string of the molecule is COC(=O)c1cccc(-c2ccc(Cl)c(OC)c2F)n1. The predicted molar refractivity (Wildman–Crippen MR) is 72.5 cm³/mol. The van der Waals surface area contributed by atoms with Crippen LogP contribution in [0, 0.1) is 5.82 Å². The lowest BCUT2D eigenvalue weighted by molar-refractivity contribution is 0.0594. The maximum absolute atomic E-state index is 14.3. The van der Waals surface area contributed by atoms with Crippen LogP contribution >= 0.6 is 11.6 Å². The highest BCUT2D eigenvalue weighted by Gasteiger charge is 2.16. The largest absolute Gasteiger partial charge is 0.492 e. The van der Waals surface area contributed by atoms with E-state index in [9.17, 15) is 9.18 Å². The number of nitrogens with zero attached hydrogens (tertiary/aromatic N) is 1. The average Bonchev–Trinajstić information content (AvgIpc) is 2.47. The second-order valence-corrected chi connectivity index (χ2v) is 4.25. The van der Waals surface area contributed by atoms with E-state index in [0.717, 1.165) is 0 Å². The molecule has 0 aliphatic rings. The van der Waals surface area contributed by atoms with Crippen LogP contribution in [0.15, 0.2) is 30.3 Å². The molecule has 0 radical (unpaired) electrons. The van der Waals surface area contributed by atoms with E-state index in [4.69, 9.17) is 16.3 Å². The number of ether oxygens (including phenoxy) is 2. The number of hydrogen-bond acceptors (Lipinski definition) is 4. The summed E-state index contributed by atoms with van der Waals surface area (Å²) in [6, 6.07) is 7.64. The Balaban J connectivity index is 2.55. The predicted octanol–water partition coefficient (Wildman–Crippen LogP) is 3.34. The molecule has 0 saturated heterocycles. The Morgan fingerprint density at radius 3 is 2.65 bits per heavy atom. The number of hydrogen-bond donors (Lipinski definition) is 0. The van der Waals surface area contributed by atoms with E-state index in [1.54, 1.807) is 12.1 Å². The van der Waals surface area contributed by atoms with E-state index in [2.05, 4.69) is 9.72 Å². The quantitative estimate of drug-likeness (QED) is 0.815. The van der Waals surface area contributed by atoms with Gasteiger partial charge in [0, 0.05) is 5.56 Å². The van der Waals surface area contributed by atoms with E-state index in [0.29, 0.717) is 5.69 Å². The van der Waals surface area contributed by atoms with Crippen LogP contribution in [-0.2, 0) is 4.74 Å². The lowest BCUT2D eigenvalue weighted by atomic mass is 10.1. The Morgan fingerprint density at radius 2 is 2.00 bits per heavy atom. The van der Waals surface area contributed by atoms with Gasteiger partial charge in [0.15, 0.2) is 11.6 Å². The number of carbonyl (C=O) groups excluding carboxylic acids is 1. The topological polar surface area (TPSA) is 48.4 Å². The molecule has 0 unspecified atom stereocenters. The Hall–Kier alpha value is -2.14. The van der Waals surface area contributed by atoms with Crippen LogP contribution in [0.25, 0.3) is 11.3 Å². The molecule has 1 heterocycles. The third-order valence-electron chi connectivity index (χ3n) is 2.67. The molecule has 20 heavy (non-hydrogen) atoms. The molecular weight excluding hydrogens is 285 g/mol. The molecule has 0 atom stereocenters. The van der Waals surface area contributed by atoms with Gasteiger partial charge in [0.2, 0.25) is 0 Å². The lowest BCUT2D eigenvalue weighted by Crippen LogP contribution is -2.05. The van der Waals surface area contributed by atoms with Gasteiger partial charge in [-0.05, 0) is 24.3 Å². The summed E-state index contributed by atoms with van der Waals surface area (Å²) in [5, 5.41) is 0.165. The van der Waals surface area contributed by atoms with E-state index in [1.165, 1.54) is 32.4 Å². The molecule has 0 N–H and O–H groups in total. The minimum absolute atomic E-state index is 0.0607. The van der Waals surface area contributed by atoms with E-state index < -0.39 is 11.8 Å². The zero-order valence-electron chi connectivity index (χ0n) is 10.8. The summed E-state index contributed by atoms with van der Waals surface area (Å²) in [5.41, 5.74) is 0.579. The third kappa shape index (κ3) is 2.58. The highest BCUT2D eigenvalue weighted by atomic mass is 35.5. The summed E-state index contributed by atoms with van der Waals surface area (Å²) in [7, 11) is 2.58. The van der Waals surface area contributed by atoms with E-state index in [-0.39, 0.29) is 22.0 Å². The van der Waals surface area contributed by atoms with Gasteiger partial charge >= 0.3 is 5.97 Å². The molecule has 4 nitrogen and oxygen atoms in total. The maximum Gasteiger partial charge on any atom is 0.356 e. The summed E-state index contributed by atoms with van der Waals surface area (Å²) in [4.78, 5) is 15.5. The molecule has 1 aromatic carbocycles. The van der Waals surface area contributed by atoms with Crippen molar-refractivity contribution in [2.45, 2.75) is 0 Å². The number of carbonyl (C=O) groups is 1. The van der Waals surface area contributed by atoms with Crippen LogP contribution in [0.5, 0.6) is 5.75 Å². The lowest BCUT2D eigenvalue weighted by Gasteiger charge is -2.09. The summed E-state index contributed by atoms with van der Waals surface area (Å²) >= 11 is 5.83. The number of methoxy groups -OCH3 is 2. The summed E-state index contributed by atoms with van der Waals surface area (Å²) < 4.78 is 23.8. The third-order valence-corrected chi connectivity index (χ3v) is 2.97. The van der Waals surface area contributed by atoms with Gasteiger partial charge in [0.1, 0.15) is 5.69 Å². The van der Waals surface area contributed by atoms with Crippen LogP contribution in [-0.4, -0.2) is 25.2 Å². The van der Waals surface area contributed by atoms with Gasteiger partial charge in [0.25, 0.3) is 0 Å². The number of halogens is 2. The summed E-state index contributed by atoms with van der Waals surface area (Å²) in [6.45, 7) is 0. The fraction of sp³-hybridized carbons (Fsp3) is 0.143. The summed E-state index contributed by atoms with van der Waals surface area (Å²) in [6.07, 6.45) is 0. The van der Waals surface area contributed by atoms with Gasteiger partial charge in [-0.3, -0.25) is 0 Å². The van der Waals surface area contributed by atoms with Crippen LogP contribution in [0.3, 0.4) is 0 Å². The van der Waals surface area contributed by atoms with Crippen molar-refractivity contribution in [1.82, 2.24) is 4.98 Å². The average molecular weight is 296 g/mol. The van der Waals surface area contributed by atoms with Crippen LogP contribution < -0.4 is 4.74 Å². The molecule has 6 heteroatoms. The molecule has 0 bridgehead atoms. The molecule has 0 aliphatic carbocycles. The highest BCUT2D eigenvalue weighted by molar-refractivity contribution is 6.32. The molecule has 104 valence electrons. The molecule has 2 rings (SSSR count). The highest BCUT2D eigenvalue weighted by Crippen LogP contribution is 2.34. The fourth-order valence-corrected chi connectivity index (χ4v) is 1.94. The number of aromatic nitrogens is 1. The molecule has 0 aliphatic heterocycles. The minimum Gasteiger partial charge on any atom is -0.492 e. The molecule has 0 saturated carbocycles. The molecule has 0 fully saturated rings. The van der Waals surface area contributed by atoms with Crippen molar-refractivity contribution in [3.8, 4) is 17.0 Å². The van der Waals surface area contributed by atoms with Crippen molar-refractivity contribution >= 4 is 17.6 Å². The minimum atomic E-state index is -0.630. The van der Waals surface area contributed by atoms with Gasteiger partial charge < -0.3 is 9.47 Å².